The van der Waals surface area contributed by atoms with E-state index in [0.29, 0.717) is 37.0 Å². The first-order chi connectivity index (χ1) is 9.19. The number of hydrogen-bond donors (Lipinski definition) is 1. The smallest absolute Gasteiger partial charge is 0.255 e. The lowest BCUT2D eigenvalue weighted by atomic mass is 10.2. The van der Waals surface area contributed by atoms with Gasteiger partial charge in [0.05, 0.1) is 19.3 Å². The first-order valence-electron chi connectivity index (χ1n) is 5.94. The lowest BCUT2D eigenvalue weighted by Gasteiger charge is -2.09. The van der Waals surface area contributed by atoms with Crippen molar-refractivity contribution in [1.29, 1.82) is 0 Å². The number of methoxy groups -OCH3 is 1. The van der Waals surface area contributed by atoms with E-state index in [0.717, 1.165) is 10.9 Å². The van der Waals surface area contributed by atoms with Gasteiger partial charge < -0.3 is 14.8 Å². The summed E-state index contributed by atoms with van der Waals surface area (Å²) in [6, 6.07) is 5.29. The van der Waals surface area contributed by atoms with Crippen molar-refractivity contribution in [2.45, 2.75) is 6.42 Å². The molecular formula is C13H17BrClNO3. The van der Waals surface area contributed by atoms with Gasteiger partial charge in [-0.15, -0.1) is 11.6 Å². The summed E-state index contributed by atoms with van der Waals surface area (Å²) >= 11 is 8.81. The summed E-state index contributed by atoms with van der Waals surface area (Å²) in [6.07, 6.45) is 0.751. The molecule has 0 saturated carbocycles. The van der Waals surface area contributed by atoms with E-state index in [4.69, 9.17) is 21.1 Å². The van der Waals surface area contributed by atoms with Crippen LogP contribution in [0.1, 0.15) is 16.8 Å². The summed E-state index contributed by atoms with van der Waals surface area (Å²) < 4.78 is 11.3. The van der Waals surface area contributed by atoms with E-state index >= 15 is 0 Å². The summed E-state index contributed by atoms with van der Waals surface area (Å²) in [4.78, 5) is 12.0. The molecule has 1 rings (SSSR count). The molecule has 1 amide bonds. The predicted molar refractivity (Wildman–Crippen MR) is 79.2 cm³/mol. The van der Waals surface area contributed by atoms with Crippen molar-refractivity contribution < 1.29 is 14.3 Å². The zero-order chi connectivity index (χ0) is 14.1. The van der Waals surface area contributed by atoms with Gasteiger partial charge >= 0.3 is 0 Å². The van der Waals surface area contributed by atoms with Crippen LogP contribution in [0.4, 0.5) is 0 Å². The zero-order valence-electron chi connectivity index (χ0n) is 10.7. The molecule has 0 radical (unpaired) electrons. The van der Waals surface area contributed by atoms with Gasteiger partial charge in [-0.05, 0) is 24.6 Å². The normalized spacial score (nSPS) is 10.3. The molecule has 1 N–H and O–H groups in total. The summed E-state index contributed by atoms with van der Waals surface area (Å²) in [7, 11) is 1.54. The molecule has 1 aromatic carbocycles. The van der Waals surface area contributed by atoms with Crippen molar-refractivity contribution in [3.05, 3.63) is 28.2 Å². The second-order valence-corrected chi connectivity index (χ2v) is 5.05. The van der Waals surface area contributed by atoms with Crippen LogP contribution in [-0.2, 0) is 4.74 Å². The third-order valence-corrected chi connectivity index (χ3v) is 3.03. The maximum atomic E-state index is 12.0. The van der Waals surface area contributed by atoms with Crippen LogP contribution in [0.2, 0.25) is 0 Å². The molecule has 0 aromatic heterocycles. The summed E-state index contributed by atoms with van der Waals surface area (Å²) in [6.45, 7) is 1.68. The van der Waals surface area contributed by atoms with Gasteiger partial charge in [0.1, 0.15) is 5.75 Å². The van der Waals surface area contributed by atoms with Crippen LogP contribution < -0.4 is 10.1 Å². The molecule has 0 aliphatic rings. The second kappa shape index (κ2) is 9.18. The Kier molecular flexibility index (Phi) is 7.86. The molecule has 0 saturated heterocycles. The SMILES string of the molecule is COc1cc(Br)ccc1C(=O)NCCCOCCCl. The first kappa shape index (κ1) is 16.3. The standard InChI is InChI=1S/C13H17BrClNO3/c1-18-12-9-10(14)3-4-11(12)13(17)16-6-2-7-19-8-5-15/h3-4,9H,2,5-8H2,1H3,(H,16,17). The number of halogens is 2. The van der Waals surface area contributed by atoms with Gasteiger partial charge in [0.15, 0.2) is 0 Å². The Morgan fingerprint density at radius 2 is 2.21 bits per heavy atom. The summed E-state index contributed by atoms with van der Waals surface area (Å²) in [5.74, 6) is 0.884. The number of nitrogens with one attached hydrogen (secondary N) is 1. The fraction of sp³-hybridized carbons (Fsp3) is 0.462. The number of hydrogen-bond acceptors (Lipinski definition) is 3. The second-order valence-electron chi connectivity index (χ2n) is 3.76. The lowest BCUT2D eigenvalue weighted by Crippen LogP contribution is -2.25. The van der Waals surface area contributed by atoms with E-state index in [1.165, 1.54) is 0 Å². The maximum absolute atomic E-state index is 12.0. The third-order valence-electron chi connectivity index (χ3n) is 2.38. The Labute approximate surface area is 126 Å². The van der Waals surface area contributed by atoms with Crippen LogP contribution in [0.25, 0.3) is 0 Å². The quantitative estimate of drug-likeness (QED) is 0.579. The van der Waals surface area contributed by atoms with Crippen molar-refractivity contribution in [3.63, 3.8) is 0 Å². The highest BCUT2D eigenvalue weighted by Crippen LogP contribution is 2.23. The molecule has 0 aliphatic carbocycles. The molecule has 0 fully saturated rings. The van der Waals surface area contributed by atoms with Gasteiger partial charge in [-0.25, -0.2) is 0 Å². The molecule has 1 aromatic rings. The monoisotopic (exact) mass is 349 g/mol. The minimum absolute atomic E-state index is 0.151. The number of benzene rings is 1. The van der Waals surface area contributed by atoms with Crippen LogP contribution in [0, 0.1) is 0 Å². The summed E-state index contributed by atoms with van der Waals surface area (Å²) in [5, 5.41) is 2.82. The topological polar surface area (TPSA) is 47.6 Å². The maximum Gasteiger partial charge on any atom is 0.255 e. The zero-order valence-corrected chi connectivity index (χ0v) is 13.1. The van der Waals surface area contributed by atoms with Crippen LogP contribution in [0.5, 0.6) is 5.75 Å². The molecule has 0 spiro atoms. The predicted octanol–water partition coefficient (Wildman–Crippen LogP) is 2.83. The Bertz CT molecular complexity index is 415. The average molecular weight is 351 g/mol. The summed E-state index contributed by atoms with van der Waals surface area (Å²) in [5.41, 5.74) is 0.521. The van der Waals surface area contributed by atoms with Gasteiger partial charge in [-0.3, -0.25) is 4.79 Å². The number of ether oxygens (including phenoxy) is 2. The molecule has 0 atom stereocenters. The molecule has 0 aliphatic heterocycles. The Balaban J connectivity index is 2.41. The van der Waals surface area contributed by atoms with E-state index in [1.807, 2.05) is 0 Å². The number of carbonyl (C=O) groups excluding carboxylic acids is 1. The Morgan fingerprint density at radius 3 is 2.89 bits per heavy atom. The molecule has 0 heterocycles. The highest BCUT2D eigenvalue weighted by Gasteiger charge is 2.11. The number of amides is 1. The molecular weight excluding hydrogens is 334 g/mol. The van der Waals surface area contributed by atoms with Gasteiger partial charge in [0.2, 0.25) is 0 Å². The van der Waals surface area contributed by atoms with Crippen LogP contribution in [-0.4, -0.2) is 38.7 Å². The number of carbonyl (C=O) groups is 1. The molecule has 0 unspecified atom stereocenters. The van der Waals surface area contributed by atoms with Crippen LogP contribution >= 0.6 is 27.5 Å². The van der Waals surface area contributed by atoms with E-state index < -0.39 is 0 Å². The first-order valence-corrected chi connectivity index (χ1v) is 7.27. The number of rotatable bonds is 8. The minimum atomic E-state index is -0.151. The molecule has 6 heteroatoms. The van der Waals surface area contributed by atoms with Gasteiger partial charge in [-0.2, -0.15) is 0 Å². The van der Waals surface area contributed by atoms with E-state index in [1.54, 1.807) is 25.3 Å². The van der Waals surface area contributed by atoms with Crippen molar-refractivity contribution in [2.24, 2.45) is 0 Å². The largest absolute Gasteiger partial charge is 0.496 e. The molecule has 0 bridgehead atoms. The highest BCUT2D eigenvalue weighted by molar-refractivity contribution is 9.10. The fourth-order valence-electron chi connectivity index (χ4n) is 1.48. The van der Waals surface area contributed by atoms with Gasteiger partial charge in [0, 0.05) is 23.5 Å². The van der Waals surface area contributed by atoms with E-state index in [9.17, 15) is 4.79 Å². The van der Waals surface area contributed by atoms with Crippen LogP contribution in [0.15, 0.2) is 22.7 Å². The average Bonchev–Trinajstić information content (AvgIpc) is 2.42. The molecule has 4 nitrogen and oxygen atoms in total. The van der Waals surface area contributed by atoms with Crippen molar-refractivity contribution >= 4 is 33.4 Å². The molecule has 19 heavy (non-hydrogen) atoms. The van der Waals surface area contributed by atoms with E-state index in [-0.39, 0.29) is 5.91 Å². The van der Waals surface area contributed by atoms with Crippen LogP contribution in [0.3, 0.4) is 0 Å². The minimum Gasteiger partial charge on any atom is -0.496 e. The van der Waals surface area contributed by atoms with E-state index in [2.05, 4.69) is 21.2 Å². The highest BCUT2D eigenvalue weighted by atomic mass is 79.9. The Morgan fingerprint density at radius 1 is 1.42 bits per heavy atom. The van der Waals surface area contributed by atoms with Gasteiger partial charge in [0.25, 0.3) is 5.91 Å². The fourth-order valence-corrected chi connectivity index (χ4v) is 1.93. The van der Waals surface area contributed by atoms with Crippen molar-refractivity contribution in [1.82, 2.24) is 5.32 Å². The molecule has 106 valence electrons. The van der Waals surface area contributed by atoms with Crippen molar-refractivity contribution in [2.75, 3.05) is 32.7 Å². The Hall–Kier alpha value is -0.780. The number of alkyl halides is 1. The van der Waals surface area contributed by atoms with Crippen molar-refractivity contribution in [3.8, 4) is 5.75 Å². The lowest BCUT2D eigenvalue weighted by molar-refractivity contribution is 0.0941. The van der Waals surface area contributed by atoms with Gasteiger partial charge in [-0.1, -0.05) is 15.9 Å². The third kappa shape index (κ3) is 5.80.